The van der Waals surface area contributed by atoms with Crippen molar-refractivity contribution in [2.75, 3.05) is 27.3 Å². The van der Waals surface area contributed by atoms with E-state index in [-0.39, 0.29) is 6.61 Å². The third-order valence-corrected chi connectivity index (χ3v) is 2.50. The number of ether oxygens (including phenoxy) is 3. The molecule has 3 N–H and O–H groups in total. The van der Waals surface area contributed by atoms with Gasteiger partial charge in [-0.2, -0.15) is 0 Å². The van der Waals surface area contributed by atoms with E-state index in [4.69, 9.17) is 19.9 Å². The summed E-state index contributed by atoms with van der Waals surface area (Å²) in [5.41, 5.74) is 6.07. The topological polar surface area (TPSA) is 82.8 Å². The Kier molecular flexibility index (Phi) is 6.52. The quantitative estimate of drug-likeness (QED) is 0.728. The van der Waals surface area contributed by atoms with E-state index in [1.165, 1.54) is 0 Å². The first kappa shape index (κ1) is 15.1. The lowest BCUT2D eigenvalue weighted by Crippen LogP contribution is -2.26. The Morgan fingerprint density at radius 2 is 2.11 bits per heavy atom. The van der Waals surface area contributed by atoms with Crippen molar-refractivity contribution in [1.82, 2.24) is 5.32 Å². The highest BCUT2D eigenvalue weighted by Gasteiger charge is 2.08. The van der Waals surface area contributed by atoms with Crippen molar-refractivity contribution < 1.29 is 19.0 Å². The highest BCUT2D eigenvalue weighted by molar-refractivity contribution is 5.67. The van der Waals surface area contributed by atoms with Gasteiger partial charge in [-0.15, -0.1) is 0 Å². The molecule has 0 aliphatic rings. The Bertz CT molecular complexity index is 410. The van der Waals surface area contributed by atoms with Gasteiger partial charge < -0.3 is 25.3 Å². The predicted octanol–water partition coefficient (Wildman–Crippen LogP) is 1.28. The Morgan fingerprint density at radius 3 is 2.74 bits per heavy atom. The highest BCUT2D eigenvalue weighted by atomic mass is 16.5. The van der Waals surface area contributed by atoms with Gasteiger partial charge in [-0.25, -0.2) is 4.79 Å². The first-order valence-corrected chi connectivity index (χ1v) is 6.03. The van der Waals surface area contributed by atoms with Gasteiger partial charge in [0.25, 0.3) is 0 Å². The fourth-order valence-corrected chi connectivity index (χ4v) is 1.48. The van der Waals surface area contributed by atoms with Crippen LogP contribution in [0.4, 0.5) is 4.79 Å². The van der Waals surface area contributed by atoms with Crippen LogP contribution in [0.5, 0.6) is 11.5 Å². The third-order valence-electron chi connectivity index (χ3n) is 2.50. The SMILES string of the molecule is COc1ccc(OC)c(COC(=O)NCCCN)c1. The van der Waals surface area contributed by atoms with E-state index in [9.17, 15) is 4.79 Å². The molecule has 1 aromatic rings. The highest BCUT2D eigenvalue weighted by Crippen LogP contribution is 2.24. The van der Waals surface area contributed by atoms with Gasteiger partial charge in [0.05, 0.1) is 14.2 Å². The van der Waals surface area contributed by atoms with E-state index in [1.54, 1.807) is 32.4 Å². The summed E-state index contributed by atoms with van der Waals surface area (Å²) in [6, 6.07) is 5.32. The van der Waals surface area contributed by atoms with Crippen molar-refractivity contribution >= 4 is 6.09 Å². The Labute approximate surface area is 112 Å². The molecule has 0 aromatic heterocycles. The molecule has 0 spiro atoms. The average Bonchev–Trinajstić information content (AvgIpc) is 2.45. The monoisotopic (exact) mass is 268 g/mol. The molecule has 19 heavy (non-hydrogen) atoms. The average molecular weight is 268 g/mol. The van der Waals surface area contributed by atoms with Crippen LogP contribution in [0.15, 0.2) is 18.2 Å². The molecule has 1 rings (SSSR count). The zero-order valence-electron chi connectivity index (χ0n) is 11.3. The minimum absolute atomic E-state index is 0.120. The number of benzene rings is 1. The van der Waals surface area contributed by atoms with Crippen LogP contribution in [0, 0.1) is 0 Å². The van der Waals surface area contributed by atoms with Crippen molar-refractivity contribution in [3.8, 4) is 11.5 Å². The number of rotatable bonds is 7. The largest absolute Gasteiger partial charge is 0.497 e. The van der Waals surface area contributed by atoms with Crippen LogP contribution in [-0.2, 0) is 11.3 Å². The third kappa shape index (κ3) is 5.05. The minimum atomic E-state index is -0.474. The number of hydrogen-bond acceptors (Lipinski definition) is 5. The van der Waals surface area contributed by atoms with Crippen molar-refractivity contribution in [1.29, 1.82) is 0 Å². The van der Waals surface area contributed by atoms with Crippen LogP contribution in [0.1, 0.15) is 12.0 Å². The molecule has 0 bridgehead atoms. The van der Waals surface area contributed by atoms with Gasteiger partial charge in [-0.3, -0.25) is 0 Å². The molecule has 106 valence electrons. The number of carbonyl (C=O) groups is 1. The summed E-state index contributed by atoms with van der Waals surface area (Å²) in [5.74, 6) is 1.33. The maximum Gasteiger partial charge on any atom is 0.407 e. The molecule has 0 unspecified atom stereocenters. The molecule has 0 saturated heterocycles. The number of alkyl carbamates (subject to hydrolysis) is 1. The summed E-state index contributed by atoms with van der Waals surface area (Å²) in [5, 5.41) is 2.61. The van der Waals surface area contributed by atoms with Crippen LogP contribution in [-0.4, -0.2) is 33.4 Å². The molecule has 0 atom stereocenters. The second kappa shape index (κ2) is 8.20. The molecule has 0 heterocycles. The van der Waals surface area contributed by atoms with Gasteiger partial charge in [0.15, 0.2) is 0 Å². The number of nitrogens with two attached hydrogens (primary N) is 1. The van der Waals surface area contributed by atoms with Gasteiger partial charge in [0.1, 0.15) is 18.1 Å². The molecule has 0 saturated carbocycles. The van der Waals surface area contributed by atoms with Gasteiger partial charge >= 0.3 is 6.09 Å². The van der Waals surface area contributed by atoms with Crippen LogP contribution in [0.3, 0.4) is 0 Å². The van der Waals surface area contributed by atoms with Crippen molar-refractivity contribution in [3.05, 3.63) is 23.8 Å². The molecule has 1 amide bonds. The number of amides is 1. The Hall–Kier alpha value is -1.95. The van der Waals surface area contributed by atoms with Crippen molar-refractivity contribution in [3.63, 3.8) is 0 Å². The van der Waals surface area contributed by atoms with Crippen LogP contribution >= 0.6 is 0 Å². The summed E-state index contributed by atoms with van der Waals surface area (Å²) < 4.78 is 15.4. The van der Waals surface area contributed by atoms with E-state index in [0.29, 0.717) is 24.6 Å². The molecule has 6 heteroatoms. The smallest absolute Gasteiger partial charge is 0.407 e. The Balaban J connectivity index is 2.53. The molecule has 1 aromatic carbocycles. The molecule has 0 fully saturated rings. The fraction of sp³-hybridized carbons (Fsp3) is 0.462. The summed E-state index contributed by atoms with van der Waals surface area (Å²) >= 11 is 0. The zero-order valence-corrected chi connectivity index (χ0v) is 11.3. The molecule has 6 nitrogen and oxygen atoms in total. The second-order valence-electron chi connectivity index (χ2n) is 3.82. The summed E-state index contributed by atoms with van der Waals surface area (Å²) in [7, 11) is 3.14. The predicted molar refractivity (Wildman–Crippen MR) is 71.4 cm³/mol. The lowest BCUT2D eigenvalue weighted by atomic mass is 10.2. The summed E-state index contributed by atoms with van der Waals surface area (Å²) in [4.78, 5) is 11.4. The number of hydrogen-bond donors (Lipinski definition) is 2. The van der Waals surface area contributed by atoms with Gasteiger partial charge in [-0.1, -0.05) is 0 Å². The van der Waals surface area contributed by atoms with Crippen LogP contribution in [0.25, 0.3) is 0 Å². The summed E-state index contributed by atoms with van der Waals surface area (Å²) in [6.45, 7) is 1.16. The molecule has 0 radical (unpaired) electrons. The Morgan fingerprint density at radius 1 is 1.32 bits per heavy atom. The normalized spacial score (nSPS) is 9.84. The van der Waals surface area contributed by atoms with Crippen LogP contribution in [0.2, 0.25) is 0 Å². The fourth-order valence-electron chi connectivity index (χ4n) is 1.48. The first-order chi connectivity index (χ1) is 9.21. The van der Waals surface area contributed by atoms with E-state index in [1.807, 2.05) is 0 Å². The maximum atomic E-state index is 11.4. The minimum Gasteiger partial charge on any atom is -0.497 e. The van der Waals surface area contributed by atoms with Gasteiger partial charge in [-0.05, 0) is 31.2 Å². The molecular weight excluding hydrogens is 248 g/mol. The lowest BCUT2D eigenvalue weighted by Gasteiger charge is -2.11. The lowest BCUT2D eigenvalue weighted by molar-refractivity contribution is 0.138. The van der Waals surface area contributed by atoms with E-state index < -0.39 is 6.09 Å². The molecule has 0 aliphatic carbocycles. The van der Waals surface area contributed by atoms with Gasteiger partial charge in [0.2, 0.25) is 0 Å². The van der Waals surface area contributed by atoms with Gasteiger partial charge in [0, 0.05) is 12.1 Å². The maximum absolute atomic E-state index is 11.4. The standard InChI is InChI=1S/C13H20N2O4/c1-17-11-4-5-12(18-2)10(8-11)9-19-13(16)15-7-3-6-14/h4-5,8H,3,6-7,9,14H2,1-2H3,(H,15,16). The van der Waals surface area contributed by atoms with Crippen LogP contribution < -0.4 is 20.5 Å². The van der Waals surface area contributed by atoms with E-state index in [2.05, 4.69) is 5.32 Å². The second-order valence-corrected chi connectivity index (χ2v) is 3.82. The number of nitrogens with one attached hydrogen (secondary N) is 1. The zero-order chi connectivity index (χ0) is 14.1. The van der Waals surface area contributed by atoms with Crippen molar-refractivity contribution in [2.45, 2.75) is 13.0 Å². The first-order valence-electron chi connectivity index (χ1n) is 6.03. The van der Waals surface area contributed by atoms with E-state index >= 15 is 0 Å². The molecular formula is C13H20N2O4. The number of carbonyl (C=O) groups excluding carboxylic acids is 1. The van der Waals surface area contributed by atoms with Crippen molar-refractivity contribution in [2.24, 2.45) is 5.73 Å². The van der Waals surface area contributed by atoms with E-state index in [0.717, 1.165) is 12.0 Å². The molecule has 0 aliphatic heterocycles. The summed E-state index contributed by atoms with van der Waals surface area (Å²) in [6.07, 6.45) is 0.246. The number of methoxy groups -OCH3 is 2.